The van der Waals surface area contributed by atoms with E-state index in [0.717, 1.165) is 22.6 Å². The fraction of sp³-hybridized carbons (Fsp3) is 0.188. The molecule has 2 N–H and O–H groups in total. The second-order valence-electron chi connectivity index (χ2n) is 4.45. The Balaban J connectivity index is 2.17. The Morgan fingerprint density at radius 1 is 1.20 bits per heavy atom. The van der Waals surface area contributed by atoms with Crippen LogP contribution in [0.4, 0.5) is 5.69 Å². The Kier molecular flexibility index (Phi) is 4.11. The number of hydrogen-bond acceptors (Lipinski definition) is 4. The summed E-state index contributed by atoms with van der Waals surface area (Å²) in [6, 6.07) is 12.9. The van der Waals surface area contributed by atoms with Gasteiger partial charge in [0.1, 0.15) is 18.1 Å². The van der Waals surface area contributed by atoms with Crippen LogP contribution in [0.2, 0.25) is 0 Å². The molecule has 4 nitrogen and oxygen atoms in total. The molecule has 0 atom stereocenters. The van der Waals surface area contributed by atoms with Gasteiger partial charge in [0.2, 0.25) is 0 Å². The van der Waals surface area contributed by atoms with Crippen LogP contribution in [0.25, 0.3) is 0 Å². The van der Waals surface area contributed by atoms with E-state index in [1.165, 1.54) is 0 Å². The Labute approximate surface area is 118 Å². The van der Waals surface area contributed by atoms with Crippen molar-refractivity contribution in [3.05, 3.63) is 53.1 Å². The summed E-state index contributed by atoms with van der Waals surface area (Å²) < 4.78 is 11.0. The number of nitrogens with zero attached hydrogens (tertiary/aromatic N) is 1. The molecule has 0 saturated carbocycles. The number of benzene rings is 2. The molecule has 0 heterocycles. The fourth-order valence-corrected chi connectivity index (χ4v) is 1.86. The van der Waals surface area contributed by atoms with Crippen LogP contribution in [-0.4, -0.2) is 7.11 Å². The first-order chi connectivity index (χ1) is 9.63. The van der Waals surface area contributed by atoms with Crippen LogP contribution < -0.4 is 15.2 Å². The predicted octanol–water partition coefficient (Wildman–Crippen LogP) is 3.04. The van der Waals surface area contributed by atoms with Gasteiger partial charge in [-0.15, -0.1) is 0 Å². The minimum Gasteiger partial charge on any atom is -0.496 e. The van der Waals surface area contributed by atoms with E-state index in [2.05, 4.69) is 6.07 Å². The van der Waals surface area contributed by atoms with E-state index in [-0.39, 0.29) is 0 Å². The topological polar surface area (TPSA) is 68.3 Å². The van der Waals surface area contributed by atoms with Crippen LogP contribution in [0.3, 0.4) is 0 Å². The van der Waals surface area contributed by atoms with Crippen molar-refractivity contribution in [2.45, 2.75) is 13.5 Å². The van der Waals surface area contributed by atoms with Crippen molar-refractivity contribution < 1.29 is 9.47 Å². The van der Waals surface area contributed by atoms with Gasteiger partial charge in [-0.25, -0.2) is 0 Å². The van der Waals surface area contributed by atoms with Crippen molar-refractivity contribution in [1.29, 1.82) is 5.26 Å². The average Bonchev–Trinajstić information content (AvgIpc) is 2.48. The zero-order chi connectivity index (χ0) is 14.5. The first kappa shape index (κ1) is 13.8. The lowest BCUT2D eigenvalue weighted by Crippen LogP contribution is -2.00. The van der Waals surface area contributed by atoms with Gasteiger partial charge in [-0.1, -0.05) is 0 Å². The van der Waals surface area contributed by atoms with E-state index in [4.69, 9.17) is 20.5 Å². The fourth-order valence-electron chi connectivity index (χ4n) is 1.86. The zero-order valence-corrected chi connectivity index (χ0v) is 11.5. The summed E-state index contributed by atoms with van der Waals surface area (Å²) >= 11 is 0. The van der Waals surface area contributed by atoms with E-state index in [0.29, 0.717) is 17.9 Å². The highest BCUT2D eigenvalue weighted by atomic mass is 16.5. The number of nitrogens with two attached hydrogens (primary N) is 1. The molecule has 0 unspecified atom stereocenters. The van der Waals surface area contributed by atoms with Gasteiger partial charge in [0.15, 0.2) is 0 Å². The van der Waals surface area contributed by atoms with Crippen molar-refractivity contribution in [3.63, 3.8) is 0 Å². The number of hydrogen-bond donors (Lipinski definition) is 1. The molecular weight excluding hydrogens is 252 g/mol. The minimum atomic E-state index is 0.335. The van der Waals surface area contributed by atoms with Gasteiger partial charge in [-0.05, 0) is 48.9 Å². The second-order valence-corrected chi connectivity index (χ2v) is 4.45. The van der Waals surface area contributed by atoms with E-state index in [9.17, 15) is 0 Å². The molecule has 0 aliphatic heterocycles. The smallest absolute Gasteiger partial charge is 0.125 e. The molecule has 20 heavy (non-hydrogen) atoms. The second kappa shape index (κ2) is 5.98. The van der Waals surface area contributed by atoms with Crippen LogP contribution >= 0.6 is 0 Å². The van der Waals surface area contributed by atoms with E-state index < -0.39 is 0 Å². The van der Waals surface area contributed by atoms with Gasteiger partial charge in [-0.3, -0.25) is 0 Å². The molecule has 0 spiro atoms. The Morgan fingerprint density at radius 2 is 2.00 bits per heavy atom. The quantitative estimate of drug-likeness (QED) is 0.865. The van der Waals surface area contributed by atoms with Gasteiger partial charge in [0.05, 0.1) is 18.7 Å². The highest BCUT2D eigenvalue weighted by Gasteiger charge is 2.06. The highest BCUT2D eigenvalue weighted by molar-refractivity contribution is 5.49. The minimum absolute atomic E-state index is 0.335. The Morgan fingerprint density at radius 3 is 2.65 bits per heavy atom. The maximum absolute atomic E-state index is 8.93. The number of nitrogen functional groups attached to an aromatic ring is 1. The number of methoxy groups -OCH3 is 1. The summed E-state index contributed by atoms with van der Waals surface area (Å²) in [7, 11) is 1.60. The number of ether oxygens (including phenoxy) is 2. The number of anilines is 1. The van der Waals surface area contributed by atoms with Crippen LogP contribution in [0.5, 0.6) is 11.5 Å². The molecular formula is C16H16N2O2. The van der Waals surface area contributed by atoms with Crippen molar-refractivity contribution >= 4 is 5.69 Å². The van der Waals surface area contributed by atoms with Crippen molar-refractivity contribution in [2.24, 2.45) is 0 Å². The molecule has 2 aromatic rings. The molecule has 0 aliphatic rings. The summed E-state index contributed by atoms with van der Waals surface area (Å²) in [5.41, 5.74) is 8.89. The summed E-state index contributed by atoms with van der Waals surface area (Å²) in [5.74, 6) is 1.44. The maximum Gasteiger partial charge on any atom is 0.125 e. The lowest BCUT2D eigenvalue weighted by atomic mass is 10.1. The van der Waals surface area contributed by atoms with Crippen molar-refractivity contribution in [3.8, 4) is 17.6 Å². The SMILES string of the molecule is COc1ccc(C#N)cc1COc1ccc(N)c(C)c1. The number of aryl methyl sites for hydroxylation is 1. The summed E-state index contributed by atoms with van der Waals surface area (Å²) in [5, 5.41) is 8.93. The molecule has 4 heteroatoms. The first-order valence-electron chi connectivity index (χ1n) is 6.20. The molecule has 0 amide bonds. The Hall–Kier alpha value is -2.67. The molecule has 0 bridgehead atoms. The third kappa shape index (κ3) is 3.01. The lowest BCUT2D eigenvalue weighted by molar-refractivity contribution is 0.296. The standard InChI is InChI=1S/C16H16N2O2/c1-11-7-14(4-5-15(11)18)20-10-13-8-12(9-17)3-6-16(13)19-2/h3-8H,10,18H2,1-2H3. The van der Waals surface area contributed by atoms with Crippen LogP contribution in [0.15, 0.2) is 36.4 Å². The monoisotopic (exact) mass is 268 g/mol. The van der Waals surface area contributed by atoms with Gasteiger partial charge in [0.25, 0.3) is 0 Å². The summed E-state index contributed by atoms with van der Waals surface area (Å²) in [4.78, 5) is 0. The van der Waals surface area contributed by atoms with Gasteiger partial charge < -0.3 is 15.2 Å². The summed E-state index contributed by atoms with van der Waals surface area (Å²) in [6.45, 7) is 2.27. The third-order valence-corrected chi connectivity index (χ3v) is 3.05. The lowest BCUT2D eigenvalue weighted by Gasteiger charge is -2.11. The highest BCUT2D eigenvalue weighted by Crippen LogP contribution is 2.23. The van der Waals surface area contributed by atoms with E-state index in [1.807, 2.05) is 25.1 Å². The Bertz CT molecular complexity index is 660. The molecule has 0 saturated heterocycles. The molecule has 2 rings (SSSR count). The maximum atomic E-state index is 8.93. The normalized spacial score (nSPS) is 9.85. The van der Waals surface area contributed by atoms with Crippen molar-refractivity contribution in [2.75, 3.05) is 12.8 Å². The van der Waals surface area contributed by atoms with Crippen LogP contribution in [0.1, 0.15) is 16.7 Å². The largest absolute Gasteiger partial charge is 0.496 e. The average molecular weight is 268 g/mol. The van der Waals surface area contributed by atoms with Crippen LogP contribution in [-0.2, 0) is 6.61 Å². The van der Waals surface area contributed by atoms with Crippen molar-refractivity contribution in [1.82, 2.24) is 0 Å². The zero-order valence-electron chi connectivity index (χ0n) is 11.5. The first-order valence-corrected chi connectivity index (χ1v) is 6.20. The molecule has 2 aromatic carbocycles. The molecule has 0 aromatic heterocycles. The van der Waals surface area contributed by atoms with E-state index in [1.54, 1.807) is 25.3 Å². The predicted molar refractivity (Wildman–Crippen MR) is 77.6 cm³/mol. The molecule has 0 radical (unpaired) electrons. The molecule has 102 valence electrons. The third-order valence-electron chi connectivity index (χ3n) is 3.05. The number of nitriles is 1. The van der Waals surface area contributed by atoms with Crippen LogP contribution in [0, 0.1) is 18.3 Å². The molecule has 0 aliphatic carbocycles. The van der Waals surface area contributed by atoms with Gasteiger partial charge in [0, 0.05) is 11.3 Å². The van der Waals surface area contributed by atoms with Gasteiger partial charge >= 0.3 is 0 Å². The summed E-state index contributed by atoms with van der Waals surface area (Å²) in [6.07, 6.45) is 0. The molecule has 0 fully saturated rings. The number of rotatable bonds is 4. The van der Waals surface area contributed by atoms with E-state index >= 15 is 0 Å². The van der Waals surface area contributed by atoms with Gasteiger partial charge in [-0.2, -0.15) is 5.26 Å².